The van der Waals surface area contributed by atoms with Gasteiger partial charge in [-0.25, -0.2) is 0 Å². The Balaban J connectivity index is 1.72. The first-order valence-electron chi connectivity index (χ1n) is 8.08. The topological polar surface area (TPSA) is 50.4 Å². The van der Waals surface area contributed by atoms with Crippen LogP contribution in [0.4, 0.5) is 11.4 Å². The molecule has 126 valence electrons. The summed E-state index contributed by atoms with van der Waals surface area (Å²) >= 11 is 0. The molecule has 1 amide bonds. The van der Waals surface area contributed by atoms with Crippen molar-refractivity contribution in [3.05, 3.63) is 90.0 Å². The molecule has 4 nitrogen and oxygen atoms in total. The zero-order valence-corrected chi connectivity index (χ0v) is 14.0. The number of methoxy groups -OCH3 is 1. The van der Waals surface area contributed by atoms with E-state index in [0.29, 0.717) is 12.1 Å². The van der Waals surface area contributed by atoms with Crippen molar-refractivity contribution in [2.45, 2.75) is 6.54 Å². The van der Waals surface area contributed by atoms with Gasteiger partial charge in [-0.1, -0.05) is 42.5 Å². The van der Waals surface area contributed by atoms with Gasteiger partial charge in [0.25, 0.3) is 5.91 Å². The first-order chi connectivity index (χ1) is 12.3. The molecule has 0 fully saturated rings. The minimum atomic E-state index is -0.111. The Morgan fingerprint density at radius 2 is 1.56 bits per heavy atom. The van der Waals surface area contributed by atoms with Gasteiger partial charge >= 0.3 is 0 Å². The molecule has 0 atom stereocenters. The summed E-state index contributed by atoms with van der Waals surface area (Å²) in [6.07, 6.45) is 0. The molecule has 0 saturated heterocycles. The summed E-state index contributed by atoms with van der Waals surface area (Å²) in [6.45, 7) is 0.497. The van der Waals surface area contributed by atoms with Gasteiger partial charge in [-0.2, -0.15) is 0 Å². The normalized spacial score (nSPS) is 10.1. The highest BCUT2D eigenvalue weighted by molar-refractivity contribution is 6.00. The van der Waals surface area contributed by atoms with Gasteiger partial charge in [-0.05, 0) is 42.0 Å². The first kappa shape index (κ1) is 16.6. The largest absolute Gasteiger partial charge is 0.497 e. The van der Waals surface area contributed by atoms with Gasteiger partial charge in [0.15, 0.2) is 0 Å². The van der Waals surface area contributed by atoms with E-state index in [-0.39, 0.29) is 5.91 Å². The van der Waals surface area contributed by atoms with Crippen LogP contribution >= 0.6 is 0 Å². The molecule has 0 spiro atoms. The monoisotopic (exact) mass is 332 g/mol. The Bertz CT molecular complexity index is 830. The number of benzene rings is 3. The average molecular weight is 332 g/mol. The van der Waals surface area contributed by atoms with E-state index in [1.165, 1.54) is 0 Å². The molecule has 0 radical (unpaired) electrons. The Morgan fingerprint density at radius 3 is 2.28 bits per heavy atom. The van der Waals surface area contributed by atoms with Crippen LogP contribution in [0.15, 0.2) is 78.9 Å². The average Bonchev–Trinajstić information content (AvgIpc) is 2.68. The number of carbonyl (C=O) groups is 1. The smallest absolute Gasteiger partial charge is 0.253 e. The van der Waals surface area contributed by atoms with Crippen molar-refractivity contribution in [2.75, 3.05) is 12.4 Å². The Hall–Kier alpha value is -3.27. The molecule has 3 aromatic carbocycles. The molecule has 0 aliphatic carbocycles. The lowest BCUT2D eigenvalue weighted by atomic mass is 10.1. The van der Waals surface area contributed by atoms with Crippen LogP contribution in [0.25, 0.3) is 0 Å². The Labute approximate surface area is 147 Å². The van der Waals surface area contributed by atoms with Crippen LogP contribution in [0.2, 0.25) is 0 Å². The maximum Gasteiger partial charge on any atom is 0.253 e. The maximum atomic E-state index is 12.6. The van der Waals surface area contributed by atoms with Crippen LogP contribution in [0.5, 0.6) is 5.75 Å². The van der Waals surface area contributed by atoms with Crippen molar-refractivity contribution in [1.82, 2.24) is 5.32 Å². The van der Waals surface area contributed by atoms with Crippen molar-refractivity contribution in [2.24, 2.45) is 0 Å². The third-order valence-electron chi connectivity index (χ3n) is 3.84. The molecule has 2 N–H and O–H groups in total. The van der Waals surface area contributed by atoms with Crippen molar-refractivity contribution in [1.29, 1.82) is 0 Å². The highest BCUT2D eigenvalue weighted by atomic mass is 16.5. The van der Waals surface area contributed by atoms with Crippen molar-refractivity contribution in [3.8, 4) is 5.75 Å². The number of rotatable bonds is 6. The van der Waals surface area contributed by atoms with Gasteiger partial charge in [0.05, 0.1) is 18.4 Å². The van der Waals surface area contributed by atoms with E-state index in [4.69, 9.17) is 4.74 Å². The maximum absolute atomic E-state index is 12.6. The molecule has 0 unspecified atom stereocenters. The number of nitrogens with one attached hydrogen (secondary N) is 2. The van der Waals surface area contributed by atoms with Crippen LogP contribution in [0.3, 0.4) is 0 Å². The minimum absolute atomic E-state index is 0.111. The van der Waals surface area contributed by atoms with Gasteiger partial charge in [0.1, 0.15) is 5.75 Å². The van der Waals surface area contributed by atoms with Crippen LogP contribution in [-0.4, -0.2) is 13.0 Å². The SMILES string of the molecule is COc1ccc(Nc2ccccc2C(=O)NCc2ccccc2)cc1. The Morgan fingerprint density at radius 1 is 0.880 bits per heavy atom. The number of amides is 1. The van der Waals surface area contributed by atoms with E-state index in [2.05, 4.69) is 10.6 Å². The van der Waals surface area contributed by atoms with Gasteiger partial charge in [0.2, 0.25) is 0 Å². The molecule has 3 rings (SSSR count). The summed E-state index contributed by atoms with van der Waals surface area (Å²) in [4.78, 5) is 12.6. The quantitative estimate of drug-likeness (QED) is 0.705. The van der Waals surface area contributed by atoms with E-state index in [9.17, 15) is 4.79 Å². The summed E-state index contributed by atoms with van der Waals surface area (Å²) in [5.41, 5.74) is 3.33. The van der Waals surface area contributed by atoms with Crippen molar-refractivity contribution < 1.29 is 9.53 Å². The van der Waals surface area contributed by atoms with Gasteiger partial charge < -0.3 is 15.4 Å². The molecule has 0 aliphatic rings. The number of anilines is 2. The summed E-state index contributed by atoms with van der Waals surface area (Å²) in [6, 6.07) is 24.9. The van der Waals surface area contributed by atoms with E-state index < -0.39 is 0 Å². The second-order valence-corrected chi connectivity index (χ2v) is 5.57. The second-order valence-electron chi connectivity index (χ2n) is 5.57. The zero-order valence-electron chi connectivity index (χ0n) is 14.0. The Kier molecular flexibility index (Phi) is 5.32. The third-order valence-corrected chi connectivity index (χ3v) is 3.84. The number of hydrogen-bond acceptors (Lipinski definition) is 3. The fraction of sp³-hybridized carbons (Fsp3) is 0.0952. The number of ether oxygens (including phenoxy) is 1. The van der Waals surface area contributed by atoms with Gasteiger partial charge in [0, 0.05) is 12.2 Å². The lowest BCUT2D eigenvalue weighted by molar-refractivity contribution is 0.0952. The molecular weight excluding hydrogens is 312 g/mol. The molecule has 25 heavy (non-hydrogen) atoms. The van der Waals surface area contributed by atoms with Crippen molar-refractivity contribution >= 4 is 17.3 Å². The van der Waals surface area contributed by atoms with Crippen LogP contribution in [-0.2, 0) is 6.54 Å². The minimum Gasteiger partial charge on any atom is -0.497 e. The second kappa shape index (κ2) is 8.02. The number of carbonyl (C=O) groups excluding carboxylic acids is 1. The van der Waals surface area contributed by atoms with Gasteiger partial charge in [-0.15, -0.1) is 0 Å². The highest BCUT2D eigenvalue weighted by Crippen LogP contribution is 2.23. The fourth-order valence-electron chi connectivity index (χ4n) is 2.49. The molecular formula is C21H20N2O2. The lowest BCUT2D eigenvalue weighted by Crippen LogP contribution is -2.23. The van der Waals surface area contributed by atoms with Crippen LogP contribution in [0.1, 0.15) is 15.9 Å². The summed E-state index contributed by atoms with van der Waals surface area (Å²) < 4.78 is 5.16. The molecule has 4 heteroatoms. The van der Waals surface area contributed by atoms with E-state index in [1.54, 1.807) is 7.11 Å². The molecule has 0 saturated carbocycles. The summed E-state index contributed by atoms with van der Waals surface area (Å²) in [5, 5.41) is 6.25. The molecule has 3 aromatic rings. The van der Waals surface area contributed by atoms with E-state index in [0.717, 1.165) is 22.7 Å². The van der Waals surface area contributed by atoms with E-state index in [1.807, 2.05) is 78.9 Å². The zero-order chi connectivity index (χ0) is 17.5. The first-order valence-corrected chi connectivity index (χ1v) is 8.08. The van der Waals surface area contributed by atoms with Gasteiger partial charge in [-0.3, -0.25) is 4.79 Å². The third kappa shape index (κ3) is 4.38. The number of para-hydroxylation sites is 1. The fourth-order valence-corrected chi connectivity index (χ4v) is 2.49. The molecule has 0 bridgehead atoms. The standard InChI is InChI=1S/C21H20N2O2/c1-25-18-13-11-17(12-14-18)23-20-10-6-5-9-19(20)21(24)22-15-16-7-3-2-4-8-16/h2-14,23H,15H2,1H3,(H,22,24). The van der Waals surface area contributed by atoms with Crippen LogP contribution < -0.4 is 15.4 Å². The van der Waals surface area contributed by atoms with Crippen molar-refractivity contribution in [3.63, 3.8) is 0 Å². The predicted octanol–water partition coefficient (Wildman–Crippen LogP) is 4.37. The molecule has 0 aliphatic heterocycles. The summed E-state index contributed by atoms with van der Waals surface area (Å²) in [7, 11) is 1.63. The molecule has 0 heterocycles. The molecule has 0 aromatic heterocycles. The predicted molar refractivity (Wildman–Crippen MR) is 100 cm³/mol. The summed E-state index contributed by atoms with van der Waals surface area (Å²) in [5.74, 6) is 0.680. The lowest BCUT2D eigenvalue weighted by Gasteiger charge is -2.13. The number of hydrogen-bond donors (Lipinski definition) is 2. The highest BCUT2D eigenvalue weighted by Gasteiger charge is 2.11. The van der Waals surface area contributed by atoms with E-state index >= 15 is 0 Å². The van der Waals surface area contributed by atoms with Crippen LogP contribution in [0, 0.1) is 0 Å².